The SMILES string of the molecule is CC(C)(C)OC(=O)C(C/C=C/[Se]c1ccccc1)C(=O)OC(C)(C)C. The summed E-state index contributed by atoms with van der Waals surface area (Å²) in [6.07, 6.45) is 2.14. The van der Waals surface area contributed by atoms with Crippen LogP contribution in [0.15, 0.2) is 41.4 Å². The van der Waals surface area contributed by atoms with Crippen molar-refractivity contribution in [1.29, 1.82) is 0 Å². The molecule has 0 heterocycles. The van der Waals surface area contributed by atoms with Crippen LogP contribution in [0.25, 0.3) is 0 Å². The summed E-state index contributed by atoms with van der Waals surface area (Å²) in [4.78, 5) is 26.8. The van der Waals surface area contributed by atoms with E-state index < -0.39 is 29.1 Å². The summed E-state index contributed by atoms with van der Waals surface area (Å²) in [5.41, 5.74) is -1.29. The van der Waals surface area contributed by atoms with E-state index in [1.165, 1.54) is 4.46 Å². The van der Waals surface area contributed by atoms with E-state index in [-0.39, 0.29) is 21.4 Å². The molecule has 1 rings (SSSR count). The average molecular weight is 411 g/mol. The number of hydrogen-bond acceptors (Lipinski definition) is 4. The first-order valence-electron chi connectivity index (χ1n) is 8.30. The number of carbonyl (C=O) groups is 2. The molecular weight excluding hydrogens is 383 g/mol. The van der Waals surface area contributed by atoms with Gasteiger partial charge in [0.05, 0.1) is 0 Å². The minimum atomic E-state index is -0.943. The Bertz CT molecular complexity index is 566. The van der Waals surface area contributed by atoms with Crippen molar-refractivity contribution in [3.05, 3.63) is 41.4 Å². The molecule has 1 aromatic carbocycles. The first-order chi connectivity index (χ1) is 11.5. The normalized spacial score (nSPS) is 12.4. The van der Waals surface area contributed by atoms with Crippen LogP contribution in [0.5, 0.6) is 0 Å². The molecule has 0 fully saturated rings. The van der Waals surface area contributed by atoms with E-state index >= 15 is 0 Å². The fraction of sp³-hybridized carbons (Fsp3) is 0.500. The Labute approximate surface area is 157 Å². The van der Waals surface area contributed by atoms with Crippen LogP contribution in [0.4, 0.5) is 0 Å². The monoisotopic (exact) mass is 412 g/mol. The van der Waals surface area contributed by atoms with Crippen LogP contribution in [0.1, 0.15) is 48.0 Å². The van der Waals surface area contributed by atoms with E-state index in [0.29, 0.717) is 0 Å². The Balaban J connectivity index is 2.76. The molecular formula is C20H28O4Se. The van der Waals surface area contributed by atoms with E-state index in [2.05, 4.69) is 12.1 Å². The summed E-state index contributed by atoms with van der Waals surface area (Å²) in [5.74, 6) is -2.03. The number of hydrogen-bond donors (Lipinski definition) is 0. The minimum absolute atomic E-state index is 0.160. The van der Waals surface area contributed by atoms with Crippen molar-refractivity contribution in [2.75, 3.05) is 0 Å². The average Bonchev–Trinajstić information content (AvgIpc) is 2.44. The quantitative estimate of drug-likeness (QED) is 0.410. The Morgan fingerprint density at radius 2 is 1.44 bits per heavy atom. The van der Waals surface area contributed by atoms with E-state index in [9.17, 15) is 9.59 Å². The van der Waals surface area contributed by atoms with E-state index in [1.54, 1.807) is 41.5 Å². The molecule has 0 N–H and O–H groups in total. The molecule has 4 nitrogen and oxygen atoms in total. The van der Waals surface area contributed by atoms with Gasteiger partial charge in [-0.15, -0.1) is 0 Å². The van der Waals surface area contributed by atoms with Crippen molar-refractivity contribution >= 4 is 31.4 Å². The summed E-state index contributed by atoms with van der Waals surface area (Å²) < 4.78 is 12.0. The van der Waals surface area contributed by atoms with Gasteiger partial charge < -0.3 is 0 Å². The zero-order valence-corrected chi connectivity index (χ0v) is 17.6. The summed E-state index contributed by atoms with van der Waals surface area (Å²) in [7, 11) is 0. The molecule has 0 radical (unpaired) electrons. The van der Waals surface area contributed by atoms with E-state index in [1.807, 2.05) is 29.2 Å². The number of carbonyl (C=O) groups excluding carboxylic acids is 2. The van der Waals surface area contributed by atoms with Crippen LogP contribution >= 0.6 is 0 Å². The number of benzene rings is 1. The molecule has 0 saturated heterocycles. The van der Waals surface area contributed by atoms with Gasteiger partial charge >= 0.3 is 157 Å². The van der Waals surface area contributed by atoms with Gasteiger partial charge in [0.25, 0.3) is 0 Å². The van der Waals surface area contributed by atoms with Crippen LogP contribution < -0.4 is 4.46 Å². The first-order valence-corrected chi connectivity index (χ1v) is 10.1. The number of ether oxygens (including phenoxy) is 2. The van der Waals surface area contributed by atoms with Gasteiger partial charge in [0.15, 0.2) is 0 Å². The Morgan fingerprint density at radius 3 is 1.88 bits per heavy atom. The third-order valence-electron chi connectivity index (χ3n) is 2.80. The van der Waals surface area contributed by atoms with Crippen molar-refractivity contribution in [3.63, 3.8) is 0 Å². The van der Waals surface area contributed by atoms with Gasteiger partial charge in [-0.3, -0.25) is 0 Å². The second kappa shape index (κ2) is 9.21. The van der Waals surface area contributed by atoms with Crippen molar-refractivity contribution in [3.8, 4) is 0 Å². The Kier molecular flexibility index (Phi) is 7.91. The maximum atomic E-state index is 12.4. The Morgan fingerprint density at radius 1 is 0.960 bits per heavy atom. The first kappa shape index (κ1) is 21.5. The number of esters is 2. The molecule has 25 heavy (non-hydrogen) atoms. The van der Waals surface area contributed by atoms with E-state index in [0.717, 1.165) is 0 Å². The summed E-state index contributed by atoms with van der Waals surface area (Å²) in [6.45, 7) is 10.7. The second-order valence-electron chi connectivity index (χ2n) is 7.66. The molecule has 1 aromatic rings. The van der Waals surface area contributed by atoms with Crippen LogP contribution in [-0.2, 0) is 19.1 Å². The van der Waals surface area contributed by atoms with Crippen molar-refractivity contribution < 1.29 is 19.1 Å². The Hall–Kier alpha value is -1.58. The van der Waals surface area contributed by atoms with Crippen molar-refractivity contribution in [2.45, 2.75) is 59.2 Å². The molecule has 138 valence electrons. The van der Waals surface area contributed by atoms with E-state index in [4.69, 9.17) is 9.47 Å². The zero-order valence-electron chi connectivity index (χ0n) is 15.9. The fourth-order valence-corrected chi connectivity index (χ4v) is 3.28. The molecule has 0 unspecified atom stereocenters. The molecule has 0 bridgehead atoms. The van der Waals surface area contributed by atoms with Crippen LogP contribution in [0, 0.1) is 5.92 Å². The third kappa shape index (κ3) is 9.47. The molecule has 0 amide bonds. The predicted octanol–water partition coefficient (Wildman–Crippen LogP) is 3.22. The number of allylic oxidation sites excluding steroid dienone is 1. The summed E-state index contributed by atoms with van der Waals surface area (Å²) >= 11 is 0.160. The maximum absolute atomic E-state index is 12.4. The summed E-state index contributed by atoms with van der Waals surface area (Å²) in [6, 6.07) is 10.1. The van der Waals surface area contributed by atoms with Gasteiger partial charge in [-0.05, 0) is 0 Å². The van der Waals surface area contributed by atoms with Gasteiger partial charge in [0, 0.05) is 0 Å². The third-order valence-corrected chi connectivity index (χ3v) is 4.63. The molecule has 0 aliphatic heterocycles. The van der Waals surface area contributed by atoms with Crippen molar-refractivity contribution in [1.82, 2.24) is 0 Å². The standard InChI is InChI=1S/C20H28O4Se/c1-19(2,3)23-17(21)16(18(22)24-20(4,5)6)13-10-14-25-15-11-8-7-9-12-15/h7-12,14,16H,13H2,1-6H3/b14-10+. The van der Waals surface area contributed by atoms with Gasteiger partial charge in [0.2, 0.25) is 0 Å². The molecule has 5 heteroatoms. The fourth-order valence-electron chi connectivity index (χ4n) is 1.85. The topological polar surface area (TPSA) is 52.6 Å². The number of rotatable bonds is 6. The van der Waals surface area contributed by atoms with Crippen LogP contribution in [-0.4, -0.2) is 38.1 Å². The summed E-state index contributed by atoms with van der Waals surface area (Å²) in [5, 5.41) is 0. The second-order valence-corrected chi connectivity index (χ2v) is 9.71. The molecule has 0 saturated carbocycles. The van der Waals surface area contributed by atoms with Crippen LogP contribution in [0.3, 0.4) is 0 Å². The molecule has 0 spiro atoms. The predicted molar refractivity (Wildman–Crippen MR) is 101 cm³/mol. The van der Waals surface area contributed by atoms with Gasteiger partial charge in [-0.25, -0.2) is 0 Å². The van der Waals surface area contributed by atoms with Gasteiger partial charge in [-0.2, -0.15) is 0 Å². The molecule has 0 aromatic heterocycles. The van der Waals surface area contributed by atoms with Gasteiger partial charge in [-0.1, -0.05) is 0 Å². The molecule has 0 aliphatic carbocycles. The van der Waals surface area contributed by atoms with Crippen LogP contribution in [0.2, 0.25) is 0 Å². The zero-order chi connectivity index (χ0) is 19.1. The molecule has 0 atom stereocenters. The molecule has 0 aliphatic rings. The van der Waals surface area contributed by atoms with Gasteiger partial charge in [0.1, 0.15) is 0 Å². The van der Waals surface area contributed by atoms with Crippen molar-refractivity contribution in [2.24, 2.45) is 5.92 Å².